The molecule has 0 aromatic rings. The Labute approximate surface area is 66.0 Å². The summed E-state index contributed by atoms with van der Waals surface area (Å²) in [7, 11) is 3.05. The number of hydrogen-bond donors (Lipinski definition) is 2. The van der Waals surface area contributed by atoms with Crippen molar-refractivity contribution in [1.82, 2.24) is 5.32 Å². The summed E-state index contributed by atoms with van der Waals surface area (Å²) in [6.45, 7) is 0.200. The number of carboxylic acids is 1. The van der Waals surface area contributed by atoms with E-state index in [0.717, 1.165) is 0 Å². The van der Waals surface area contributed by atoms with Crippen LogP contribution in [0.25, 0.3) is 0 Å². The smallest absolute Gasteiger partial charge is 0.323 e. The quantitative estimate of drug-likeness (QED) is 0.608. The summed E-state index contributed by atoms with van der Waals surface area (Å²) in [5, 5.41) is 10.9. The highest BCUT2D eigenvalue weighted by atomic mass is 35.5. The lowest BCUT2D eigenvalue weighted by Gasteiger charge is -2.07. The van der Waals surface area contributed by atoms with E-state index in [1.165, 1.54) is 7.11 Å². The van der Waals surface area contributed by atoms with Crippen LogP contribution in [-0.2, 0) is 9.53 Å². The number of methoxy groups -OCH3 is 1. The second kappa shape index (κ2) is 6.80. The van der Waals surface area contributed by atoms with E-state index in [9.17, 15) is 4.79 Å². The Kier molecular flexibility index (Phi) is 8.40. The third kappa shape index (κ3) is 4.55. The lowest BCUT2D eigenvalue weighted by atomic mass is 10.3. The highest BCUT2D eigenvalue weighted by molar-refractivity contribution is 5.85. The van der Waals surface area contributed by atoms with E-state index in [4.69, 9.17) is 5.11 Å². The standard InChI is InChI=1S/C5H11NO3.ClH/c1-6-4(3-9-2)5(7)8;/h4,6H,3H2,1-2H3,(H,7,8);1H. The Hall–Kier alpha value is -0.320. The third-order valence-electron chi connectivity index (χ3n) is 0.980. The van der Waals surface area contributed by atoms with Gasteiger partial charge in [-0.15, -0.1) is 12.4 Å². The van der Waals surface area contributed by atoms with Gasteiger partial charge in [-0.3, -0.25) is 4.79 Å². The van der Waals surface area contributed by atoms with Crippen LogP contribution in [0.5, 0.6) is 0 Å². The molecule has 0 radical (unpaired) electrons. The number of ether oxygens (including phenoxy) is 1. The molecule has 0 aliphatic carbocycles. The van der Waals surface area contributed by atoms with Gasteiger partial charge in [0.15, 0.2) is 0 Å². The first kappa shape index (κ1) is 12.4. The zero-order chi connectivity index (χ0) is 7.28. The molecule has 0 heterocycles. The monoisotopic (exact) mass is 169 g/mol. The van der Waals surface area contributed by atoms with Gasteiger partial charge in [0.1, 0.15) is 6.04 Å². The van der Waals surface area contributed by atoms with Crippen molar-refractivity contribution in [3.63, 3.8) is 0 Å². The van der Waals surface area contributed by atoms with Gasteiger partial charge in [0.2, 0.25) is 0 Å². The van der Waals surface area contributed by atoms with Gasteiger partial charge in [0.25, 0.3) is 0 Å². The molecule has 0 aromatic heterocycles. The molecule has 0 saturated carbocycles. The van der Waals surface area contributed by atoms with Crippen molar-refractivity contribution in [3.05, 3.63) is 0 Å². The lowest BCUT2D eigenvalue weighted by Crippen LogP contribution is -2.37. The molecule has 0 amide bonds. The van der Waals surface area contributed by atoms with Crippen molar-refractivity contribution in [2.45, 2.75) is 6.04 Å². The minimum absolute atomic E-state index is 0. The van der Waals surface area contributed by atoms with Crippen molar-refractivity contribution >= 4 is 18.4 Å². The van der Waals surface area contributed by atoms with Gasteiger partial charge in [0, 0.05) is 7.11 Å². The maximum absolute atomic E-state index is 10.2. The summed E-state index contributed by atoms with van der Waals surface area (Å²) >= 11 is 0. The Morgan fingerprint density at radius 3 is 2.40 bits per heavy atom. The first-order valence-corrected chi connectivity index (χ1v) is 2.61. The molecule has 1 atom stereocenters. The van der Waals surface area contributed by atoms with E-state index in [1.54, 1.807) is 7.05 Å². The Balaban J connectivity index is 0. The fraction of sp³-hybridized carbons (Fsp3) is 0.800. The SMILES string of the molecule is CNC(COC)C(=O)O.Cl. The second-order valence-electron chi connectivity index (χ2n) is 1.63. The van der Waals surface area contributed by atoms with Crippen LogP contribution in [0.4, 0.5) is 0 Å². The van der Waals surface area contributed by atoms with Crippen LogP contribution in [0.2, 0.25) is 0 Å². The molecule has 2 N–H and O–H groups in total. The van der Waals surface area contributed by atoms with Crippen LogP contribution in [-0.4, -0.2) is 37.9 Å². The maximum atomic E-state index is 10.2. The van der Waals surface area contributed by atoms with Crippen molar-refractivity contribution < 1.29 is 14.6 Å². The molecule has 0 saturated heterocycles. The van der Waals surface area contributed by atoms with Crippen LogP contribution >= 0.6 is 12.4 Å². The minimum atomic E-state index is -0.889. The highest BCUT2D eigenvalue weighted by Crippen LogP contribution is 1.81. The van der Waals surface area contributed by atoms with Crippen LogP contribution in [0.15, 0.2) is 0 Å². The summed E-state index contributed by atoms with van der Waals surface area (Å²) in [6, 6.07) is -0.588. The number of aliphatic carboxylic acids is 1. The maximum Gasteiger partial charge on any atom is 0.323 e. The van der Waals surface area contributed by atoms with Gasteiger partial charge in [0.05, 0.1) is 6.61 Å². The van der Waals surface area contributed by atoms with E-state index in [0.29, 0.717) is 0 Å². The first-order valence-electron chi connectivity index (χ1n) is 2.61. The molecule has 0 bridgehead atoms. The molecule has 4 nitrogen and oxygen atoms in total. The number of rotatable bonds is 4. The third-order valence-corrected chi connectivity index (χ3v) is 0.980. The average molecular weight is 170 g/mol. The number of carbonyl (C=O) groups is 1. The van der Waals surface area contributed by atoms with E-state index in [2.05, 4.69) is 10.1 Å². The van der Waals surface area contributed by atoms with Gasteiger partial charge >= 0.3 is 5.97 Å². The molecule has 0 aliphatic heterocycles. The van der Waals surface area contributed by atoms with Gasteiger partial charge in [-0.25, -0.2) is 0 Å². The van der Waals surface area contributed by atoms with E-state index in [-0.39, 0.29) is 19.0 Å². The molecule has 0 spiro atoms. The zero-order valence-corrected chi connectivity index (χ0v) is 6.77. The van der Waals surface area contributed by atoms with E-state index >= 15 is 0 Å². The molecule has 62 valence electrons. The zero-order valence-electron chi connectivity index (χ0n) is 5.96. The van der Waals surface area contributed by atoms with Crippen LogP contribution in [0.1, 0.15) is 0 Å². The summed E-state index contributed by atoms with van der Waals surface area (Å²) in [6.07, 6.45) is 0. The van der Waals surface area contributed by atoms with Gasteiger partial charge in [-0.1, -0.05) is 0 Å². The topological polar surface area (TPSA) is 58.6 Å². The second-order valence-corrected chi connectivity index (χ2v) is 1.63. The number of nitrogens with one attached hydrogen (secondary N) is 1. The van der Waals surface area contributed by atoms with Gasteiger partial charge in [-0.2, -0.15) is 0 Å². The molecule has 0 aliphatic rings. The number of hydrogen-bond acceptors (Lipinski definition) is 3. The molecule has 0 rings (SSSR count). The van der Waals surface area contributed by atoms with Crippen molar-refractivity contribution in [2.75, 3.05) is 20.8 Å². The molecule has 10 heavy (non-hydrogen) atoms. The first-order chi connectivity index (χ1) is 4.22. The summed E-state index contributed by atoms with van der Waals surface area (Å²) in [5.41, 5.74) is 0. The molecule has 0 fully saturated rings. The van der Waals surface area contributed by atoms with E-state index < -0.39 is 12.0 Å². The van der Waals surface area contributed by atoms with Crippen LogP contribution in [0.3, 0.4) is 0 Å². The van der Waals surface area contributed by atoms with E-state index in [1.807, 2.05) is 0 Å². The Morgan fingerprint density at radius 1 is 1.80 bits per heavy atom. The fourth-order valence-corrected chi connectivity index (χ4v) is 0.445. The largest absolute Gasteiger partial charge is 0.480 e. The number of likely N-dealkylation sites (N-methyl/N-ethyl adjacent to an activating group) is 1. The van der Waals surface area contributed by atoms with Gasteiger partial charge < -0.3 is 15.2 Å². The molecule has 0 aromatic carbocycles. The molecule has 5 heteroatoms. The number of halogens is 1. The Bertz CT molecular complexity index is 98.9. The van der Waals surface area contributed by atoms with Crippen molar-refractivity contribution in [2.24, 2.45) is 0 Å². The molecular formula is C5H12ClNO3. The predicted molar refractivity (Wildman–Crippen MR) is 39.6 cm³/mol. The number of carboxylic acid groups (broad SMARTS) is 1. The summed E-state index contributed by atoms with van der Waals surface area (Å²) < 4.78 is 4.61. The van der Waals surface area contributed by atoms with Crippen molar-refractivity contribution in [1.29, 1.82) is 0 Å². The average Bonchev–Trinajstić information content (AvgIpc) is 1.82. The molecular weight excluding hydrogens is 158 g/mol. The highest BCUT2D eigenvalue weighted by Gasteiger charge is 2.12. The lowest BCUT2D eigenvalue weighted by molar-refractivity contribution is -0.140. The molecule has 1 unspecified atom stereocenters. The van der Waals surface area contributed by atoms with Crippen LogP contribution < -0.4 is 5.32 Å². The predicted octanol–water partition coefficient (Wildman–Crippen LogP) is -0.273. The van der Waals surface area contributed by atoms with Gasteiger partial charge in [-0.05, 0) is 7.05 Å². The minimum Gasteiger partial charge on any atom is -0.480 e. The Morgan fingerprint density at radius 2 is 2.30 bits per heavy atom. The van der Waals surface area contributed by atoms with Crippen molar-refractivity contribution in [3.8, 4) is 0 Å². The van der Waals surface area contributed by atoms with Crippen LogP contribution in [0, 0.1) is 0 Å². The summed E-state index contributed by atoms with van der Waals surface area (Å²) in [5.74, 6) is -0.889. The normalized spacial score (nSPS) is 11.8. The fourth-order valence-electron chi connectivity index (χ4n) is 0.445. The summed E-state index contributed by atoms with van der Waals surface area (Å²) in [4.78, 5) is 10.2.